The van der Waals surface area contributed by atoms with Gasteiger partial charge in [0.1, 0.15) is 0 Å². The van der Waals surface area contributed by atoms with Gasteiger partial charge in [-0.1, -0.05) is 28.1 Å². The highest BCUT2D eigenvalue weighted by Gasteiger charge is 2.20. The molecule has 1 N–H and O–H groups in total. The Morgan fingerprint density at radius 1 is 1.09 bits per heavy atom. The molecule has 0 aliphatic heterocycles. The van der Waals surface area contributed by atoms with Gasteiger partial charge in [-0.05, 0) is 62.2 Å². The largest absolute Gasteiger partial charge is 0.449 e. The first kappa shape index (κ1) is 17.2. The normalized spacial score (nSPS) is 11.7. The van der Waals surface area contributed by atoms with Crippen LogP contribution < -0.4 is 5.32 Å². The van der Waals surface area contributed by atoms with Crippen LogP contribution >= 0.6 is 15.9 Å². The topological polar surface area (TPSA) is 55.4 Å². The number of hydrogen-bond acceptors (Lipinski definition) is 3. The van der Waals surface area contributed by atoms with Crippen molar-refractivity contribution in [1.29, 1.82) is 0 Å². The number of halogens is 1. The number of aryl methyl sites for hydroxylation is 1. The average Bonchev–Trinajstić information content (AvgIpc) is 2.52. The molecule has 0 saturated heterocycles. The molecule has 0 unspecified atom stereocenters. The Hall–Kier alpha value is -2.14. The Labute approximate surface area is 144 Å². The summed E-state index contributed by atoms with van der Waals surface area (Å²) < 4.78 is 6.19. The maximum Gasteiger partial charge on any atom is 0.339 e. The number of nitrogens with one attached hydrogen (secondary N) is 1. The minimum Gasteiger partial charge on any atom is -0.449 e. The monoisotopic (exact) mass is 375 g/mol. The molecule has 0 aromatic heterocycles. The van der Waals surface area contributed by atoms with Gasteiger partial charge in [-0.2, -0.15) is 0 Å². The van der Waals surface area contributed by atoms with Crippen LogP contribution in [0.25, 0.3) is 0 Å². The fourth-order valence-electron chi connectivity index (χ4n) is 2.03. The van der Waals surface area contributed by atoms with Gasteiger partial charge in [0, 0.05) is 10.2 Å². The highest BCUT2D eigenvalue weighted by molar-refractivity contribution is 9.10. The molecule has 0 radical (unpaired) electrons. The zero-order valence-electron chi connectivity index (χ0n) is 13.2. The number of carbonyl (C=O) groups excluding carboxylic acids is 2. The van der Waals surface area contributed by atoms with E-state index in [4.69, 9.17) is 4.74 Å². The van der Waals surface area contributed by atoms with Crippen LogP contribution in [0.2, 0.25) is 0 Å². The van der Waals surface area contributed by atoms with Crippen LogP contribution in [-0.4, -0.2) is 18.0 Å². The molecule has 0 fully saturated rings. The molecule has 0 heterocycles. The number of esters is 1. The summed E-state index contributed by atoms with van der Waals surface area (Å²) in [6.45, 7) is 5.34. The molecule has 0 bridgehead atoms. The molecule has 0 saturated carbocycles. The fraction of sp³-hybridized carbons (Fsp3) is 0.222. The molecule has 0 spiro atoms. The molecule has 2 rings (SSSR count). The van der Waals surface area contributed by atoms with Crippen LogP contribution in [0, 0.1) is 13.8 Å². The summed E-state index contributed by atoms with van der Waals surface area (Å²) in [5.74, 6) is -0.865. The first-order valence-corrected chi connectivity index (χ1v) is 8.01. The molecule has 120 valence electrons. The summed E-state index contributed by atoms with van der Waals surface area (Å²) in [6, 6.07) is 12.6. The van der Waals surface area contributed by atoms with Crippen molar-refractivity contribution >= 4 is 33.5 Å². The fourth-order valence-corrected chi connectivity index (χ4v) is 2.29. The summed E-state index contributed by atoms with van der Waals surface area (Å²) >= 11 is 3.33. The molecule has 2 aromatic rings. The van der Waals surface area contributed by atoms with Crippen LogP contribution in [0.5, 0.6) is 0 Å². The standard InChI is InChI=1S/C18H18BrNO3/c1-11-5-4-6-16(12(11)2)18(22)23-13(3)17(21)20-15-9-7-14(19)8-10-15/h4-10,13H,1-3H3,(H,20,21)/t13-/m1/s1. The van der Waals surface area contributed by atoms with E-state index in [-0.39, 0.29) is 5.91 Å². The number of carbonyl (C=O) groups is 2. The Morgan fingerprint density at radius 3 is 2.39 bits per heavy atom. The molecule has 23 heavy (non-hydrogen) atoms. The van der Waals surface area contributed by atoms with E-state index >= 15 is 0 Å². The summed E-state index contributed by atoms with van der Waals surface area (Å²) in [4.78, 5) is 24.3. The molecule has 4 nitrogen and oxygen atoms in total. The summed E-state index contributed by atoms with van der Waals surface area (Å²) in [5.41, 5.74) is 2.99. The predicted molar refractivity (Wildman–Crippen MR) is 93.6 cm³/mol. The van der Waals surface area contributed by atoms with Gasteiger partial charge in [0.05, 0.1) is 5.56 Å². The van der Waals surface area contributed by atoms with Gasteiger partial charge < -0.3 is 10.1 Å². The predicted octanol–water partition coefficient (Wildman–Crippen LogP) is 4.25. The Bertz CT molecular complexity index is 726. The quantitative estimate of drug-likeness (QED) is 0.812. The van der Waals surface area contributed by atoms with Gasteiger partial charge in [-0.15, -0.1) is 0 Å². The highest BCUT2D eigenvalue weighted by Crippen LogP contribution is 2.16. The molecular formula is C18H18BrNO3. The summed E-state index contributed by atoms with van der Waals surface area (Å²) in [5, 5.41) is 2.71. The van der Waals surface area contributed by atoms with E-state index in [1.54, 1.807) is 31.2 Å². The van der Waals surface area contributed by atoms with E-state index in [1.807, 2.05) is 32.0 Å². The lowest BCUT2D eigenvalue weighted by atomic mass is 10.0. The van der Waals surface area contributed by atoms with Gasteiger partial charge in [0.15, 0.2) is 6.10 Å². The second-order valence-corrected chi connectivity index (χ2v) is 6.21. The number of amides is 1. The average molecular weight is 376 g/mol. The maximum atomic E-state index is 12.2. The Kier molecular flexibility index (Phi) is 5.55. The van der Waals surface area contributed by atoms with Crippen molar-refractivity contribution < 1.29 is 14.3 Å². The van der Waals surface area contributed by atoms with Crippen LogP contribution in [0.3, 0.4) is 0 Å². The van der Waals surface area contributed by atoms with Crippen molar-refractivity contribution in [2.45, 2.75) is 26.9 Å². The zero-order chi connectivity index (χ0) is 17.0. The van der Waals surface area contributed by atoms with E-state index in [1.165, 1.54) is 0 Å². The van der Waals surface area contributed by atoms with Gasteiger partial charge >= 0.3 is 5.97 Å². The van der Waals surface area contributed by atoms with Gasteiger partial charge in [0.25, 0.3) is 5.91 Å². The molecule has 0 aliphatic carbocycles. The lowest BCUT2D eigenvalue weighted by molar-refractivity contribution is -0.123. The zero-order valence-corrected chi connectivity index (χ0v) is 14.8. The van der Waals surface area contributed by atoms with Crippen molar-refractivity contribution in [1.82, 2.24) is 0 Å². The maximum absolute atomic E-state index is 12.2. The molecule has 1 amide bonds. The van der Waals surface area contributed by atoms with Crippen LogP contribution in [0.4, 0.5) is 5.69 Å². The third kappa shape index (κ3) is 4.42. The van der Waals surface area contributed by atoms with Crippen LogP contribution in [0.1, 0.15) is 28.4 Å². The smallest absolute Gasteiger partial charge is 0.339 e. The van der Waals surface area contributed by atoms with Crippen molar-refractivity contribution in [3.8, 4) is 0 Å². The SMILES string of the molecule is Cc1cccc(C(=O)O[C@H](C)C(=O)Nc2ccc(Br)cc2)c1C. The van der Waals surface area contributed by atoms with E-state index in [2.05, 4.69) is 21.2 Å². The lowest BCUT2D eigenvalue weighted by Crippen LogP contribution is -2.30. The second kappa shape index (κ2) is 7.42. The third-order valence-corrected chi connectivity index (χ3v) is 4.12. The lowest BCUT2D eigenvalue weighted by Gasteiger charge is -2.15. The van der Waals surface area contributed by atoms with Gasteiger partial charge in [-0.3, -0.25) is 4.79 Å². The Balaban J connectivity index is 2.01. The van der Waals surface area contributed by atoms with Crippen LogP contribution in [-0.2, 0) is 9.53 Å². The number of benzene rings is 2. The summed E-state index contributed by atoms with van der Waals surface area (Å²) in [7, 11) is 0. The van der Waals surface area contributed by atoms with E-state index in [0.29, 0.717) is 11.3 Å². The van der Waals surface area contributed by atoms with Crippen molar-refractivity contribution in [3.63, 3.8) is 0 Å². The summed E-state index contributed by atoms with van der Waals surface area (Å²) in [6.07, 6.45) is -0.883. The third-order valence-electron chi connectivity index (χ3n) is 3.59. The second-order valence-electron chi connectivity index (χ2n) is 5.29. The van der Waals surface area contributed by atoms with Crippen molar-refractivity contribution in [2.75, 3.05) is 5.32 Å². The van der Waals surface area contributed by atoms with E-state index < -0.39 is 12.1 Å². The molecule has 5 heteroatoms. The Morgan fingerprint density at radius 2 is 1.74 bits per heavy atom. The van der Waals surface area contributed by atoms with E-state index in [0.717, 1.165) is 15.6 Å². The van der Waals surface area contributed by atoms with Crippen molar-refractivity contribution in [3.05, 3.63) is 63.6 Å². The number of hydrogen-bond donors (Lipinski definition) is 1. The molecular weight excluding hydrogens is 358 g/mol. The molecule has 0 aliphatic rings. The van der Waals surface area contributed by atoms with Crippen LogP contribution in [0.15, 0.2) is 46.9 Å². The number of anilines is 1. The minimum atomic E-state index is -0.883. The highest BCUT2D eigenvalue weighted by atomic mass is 79.9. The van der Waals surface area contributed by atoms with E-state index in [9.17, 15) is 9.59 Å². The van der Waals surface area contributed by atoms with Gasteiger partial charge in [0.2, 0.25) is 0 Å². The molecule has 1 atom stereocenters. The molecule has 2 aromatic carbocycles. The van der Waals surface area contributed by atoms with Crippen molar-refractivity contribution in [2.24, 2.45) is 0 Å². The number of ether oxygens (including phenoxy) is 1. The first-order chi connectivity index (χ1) is 10.9. The minimum absolute atomic E-state index is 0.369. The van der Waals surface area contributed by atoms with Gasteiger partial charge in [-0.25, -0.2) is 4.79 Å². The number of rotatable bonds is 4. The first-order valence-electron chi connectivity index (χ1n) is 7.22.